The predicted molar refractivity (Wildman–Crippen MR) is 79.1 cm³/mol. The summed E-state index contributed by atoms with van der Waals surface area (Å²) in [6, 6.07) is 2.41. The molecule has 2 rings (SSSR count). The van der Waals surface area contributed by atoms with Crippen LogP contribution in [0.5, 0.6) is 0 Å². The Bertz CT molecular complexity index is 556. The Kier molecular flexibility index (Phi) is 3.19. The fourth-order valence-corrected chi connectivity index (χ4v) is 2.65. The number of hydrogen-bond acceptors (Lipinski definition) is 5. The van der Waals surface area contributed by atoms with E-state index in [-0.39, 0.29) is 5.41 Å². The van der Waals surface area contributed by atoms with Crippen molar-refractivity contribution in [2.75, 3.05) is 17.7 Å². The Balaban J connectivity index is 2.50. The monoisotopic (exact) mass is 264 g/mol. The summed E-state index contributed by atoms with van der Waals surface area (Å²) in [4.78, 5) is 11.8. The van der Waals surface area contributed by atoms with Gasteiger partial charge in [0.25, 0.3) is 0 Å². The van der Waals surface area contributed by atoms with E-state index in [0.29, 0.717) is 12.0 Å². The van der Waals surface area contributed by atoms with E-state index in [4.69, 9.17) is 5.73 Å². The highest BCUT2D eigenvalue weighted by atomic mass is 32.1. The van der Waals surface area contributed by atoms with Gasteiger partial charge in [-0.15, -0.1) is 11.3 Å². The van der Waals surface area contributed by atoms with Crippen LogP contribution >= 0.6 is 11.3 Å². The minimum Gasteiger partial charge on any atom is -0.368 e. The van der Waals surface area contributed by atoms with Gasteiger partial charge in [0.05, 0.1) is 5.39 Å². The maximum Gasteiger partial charge on any atom is 0.223 e. The van der Waals surface area contributed by atoms with Gasteiger partial charge in [-0.05, 0) is 23.8 Å². The summed E-state index contributed by atoms with van der Waals surface area (Å²) in [5.41, 5.74) is 5.97. The molecule has 5 heteroatoms. The van der Waals surface area contributed by atoms with E-state index in [0.717, 1.165) is 16.0 Å². The first-order chi connectivity index (χ1) is 8.30. The summed E-state index contributed by atoms with van der Waals surface area (Å²) in [6.07, 6.45) is 0. The zero-order chi connectivity index (χ0) is 13.5. The minimum atomic E-state index is 0.177. The van der Waals surface area contributed by atoms with Crippen LogP contribution in [-0.4, -0.2) is 23.1 Å². The molecule has 0 radical (unpaired) electrons. The molecule has 2 aromatic rings. The fraction of sp³-hybridized carbons (Fsp3) is 0.538. The number of rotatable bonds is 2. The van der Waals surface area contributed by atoms with Crippen molar-refractivity contribution < 1.29 is 0 Å². The highest BCUT2D eigenvalue weighted by Gasteiger charge is 2.26. The summed E-state index contributed by atoms with van der Waals surface area (Å²) in [5, 5.41) is 3.10. The van der Waals surface area contributed by atoms with E-state index in [9.17, 15) is 0 Å². The lowest BCUT2D eigenvalue weighted by Gasteiger charge is -2.36. The quantitative estimate of drug-likeness (QED) is 0.905. The molecule has 0 saturated carbocycles. The normalized spacial score (nSPS) is 13.8. The molecule has 1 unspecified atom stereocenters. The van der Waals surface area contributed by atoms with Gasteiger partial charge >= 0.3 is 0 Å². The molecule has 18 heavy (non-hydrogen) atoms. The van der Waals surface area contributed by atoms with Crippen LogP contribution in [-0.2, 0) is 0 Å². The van der Waals surface area contributed by atoms with Crippen LogP contribution in [0.15, 0.2) is 11.4 Å². The summed E-state index contributed by atoms with van der Waals surface area (Å²) < 4.78 is 0. The van der Waals surface area contributed by atoms with Crippen LogP contribution in [0.4, 0.5) is 11.8 Å². The summed E-state index contributed by atoms with van der Waals surface area (Å²) >= 11 is 1.59. The molecule has 0 bridgehead atoms. The van der Waals surface area contributed by atoms with E-state index in [1.807, 2.05) is 5.38 Å². The summed E-state index contributed by atoms with van der Waals surface area (Å²) in [5.74, 6) is 1.26. The largest absolute Gasteiger partial charge is 0.368 e. The van der Waals surface area contributed by atoms with E-state index in [1.54, 1.807) is 11.3 Å². The van der Waals surface area contributed by atoms with Crippen molar-refractivity contribution in [3.05, 3.63) is 11.4 Å². The molecule has 2 N–H and O–H groups in total. The zero-order valence-electron chi connectivity index (χ0n) is 11.6. The number of thiophene rings is 1. The lowest BCUT2D eigenvalue weighted by atomic mass is 9.87. The Morgan fingerprint density at radius 3 is 2.61 bits per heavy atom. The van der Waals surface area contributed by atoms with Crippen molar-refractivity contribution in [1.82, 2.24) is 9.97 Å². The molecule has 2 aromatic heterocycles. The van der Waals surface area contributed by atoms with Crippen LogP contribution < -0.4 is 10.6 Å². The van der Waals surface area contributed by atoms with Gasteiger partial charge in [0.15, 0.2) is 0 Å². The van der Waals surface area contributed by atoms with E-state index < -0.39 is 0 Å². The number of nitrogens with two attached hydrogens (primary N) is 1. The first-order valence-corrected chi connectivity index (χ1v) is 6.92. The highest BCUT2D eigenvalue weighted by Crippen LogP contribution is 2.32. The van der Waals surface area contributed by atoms with Gasteiger partial charge in [-0.1, -0.05) is 20.8 Å². The number of hydrogen-bond donors (Lipinski definition) is 1. The fourth-order valence-electron chi connectivity index (χ4n) is 1.89. The molecule has 0 spiro atoms. The smallest absolute Gasteiger partial charge is 0.223 e. The molecular formula is C13H20N4S. The van der Waals surface area contributed by atoms with Gasteiger partial charge in [-0.25, -0.2) is 4.98 Å². The van der Waals surface area contributed by atoms with Gasteiger partial charge in [0.2, 0.25) is 5.95 Å². The lowest BCUT2D eigenvalue weighted by molar-refractivity contribution is 0.329. The van der Waals surface area contributed by atoms with Gasteiger partial charge < -0.3 is 10.6 Å². The molecule has 98 valence electrons. The van der Waals surface area contributed by atoms with Crippen molar-refractivity contribution in [2.24, 2.45) is 5.41 Å². The lowest BCUT2D eigenvalue weighted by Crippen LogP contribution is -2.40. The molecular weight excluding hydrogens is 244 g/mol. The summed E-state index contributed by atoms with van der Waals surface area (Å²) in [6.45, 7) is 8.88. The summed E-state index contributed by atoms with van der Waals surface area (Å²) in [7, 11) is 2.06. The highest BCUT2D eigenvalue weighted by molar-refractivity contribution is 7.16. The predicted octanol–water partition coefficient (Wildman–Crippen LogP) is 3.14. The molecule has 2 heterocycles. The SMILES string of the molecule is CC(N(C)c1nc(N)nc2sccc12)C(C)(C)C. The third-order valence-corrected chi connectivity index (χ3v) is 4.30. The Morgan fingerprint density at radius 1 is 1.33 bits per heavy atom. The standard InChI is InChI=1S/C13H20N4S/c1-8(13(2,3)4)17(5)10-9-6-7-18-11(9)16-12(14)15-10/h6-8H,1-5H3,(H2,14,15,16). The molecule has 0 amide bonds. The average Bonchev–Trinajstić information content (AvgIpc) is 2.72. The van der Waals surface area contributed by atoms with Crippen LogP contribution in [0.3, 0.4) is 0 Å². The van der Waals surface area contributed by atoms with Crippen LogP contribution in [0.2, 0.25) is 0 Å². The van der Waals surface area contributed by atoms with E-state index in [1.165, 1.54) is 0 Å². The van der Waals surface area contributed by atoms with Gasteiger partial charge in [-0.3, -0.25) is 0 Å². The molecule has 0 aliphatic heterocycles. The van der Waals surface area contributed by atoms with Crippen molar-refractivity contribution in [3.8, 4) is 0 Å². The second-order valence-electron chi connectivity index (χ2n) is 5.70. The first kappa shape index (κ1) is 13.1. The van der Waals surface area contributed by atoms with Gasteiger partial charge in [-0.2, -0.15) is 4.98 Å². The Hall–Kier alpha value is -1.36. The third kappa shape index (κ3) is 2.27. The number of anilines is 2. The molecule has 0 aromatic carbocycles. The molecule has 0 fully saturated rings. The van der Waals surface area contributed by atoms with Crippen molar-refractivity contribution in [3.63, 3.8) is 0 Å². The number of fused-ring (bicyclic) bond motifs is 1. The minimum absolute atomic E-state index is 0.177. The van der Waals surface area contributed by atoms with Crippen LogP contribution in [0.1, 0.15) is 27.7 Å². The van der Waals surface area contributed by atoms with Crippen molar-refractivity contribution in [1.29, 1.82) is 0 Å². The topological polar surface area (TPSA) is 55.0 Å². The zero-order valence-corrected chi connectivity index (χ0v) is 12.4. The number of aromatic nitrogens is 2. The van der Waals surface area contributed by atoms with Gasteiger partial charge in [0.1, 0.15) is 10.6 Å². The van der Waals surface area contributed by atoms with Crippen molar-refractivity contribution >= 4 is 33.3 Å². The van der Waals surface area contributed by atoms with Gasteiger partial charge in [0, 0.05) is 13.1 Å². The second-order valence-corrected chi connectivity index (χ2v) is 6.59. The maximum absolute atomic E-state index is 5.79. The maximum atomic E-state index is 5.79. The molecule has 0 aliphatic rings. The number of nitrogens with zero attached hydrogens (tertiary/aromatic N) is 3. The Morgan fingerprint density at radius 2 is 2.00 bits per heavy atom. The molecule has 0 saturated heterocycles. The molecule has 0 aliphatic carbocycles. The number of nitrogen functional groups attached to an aromatic ring is 1. The third-order valence-electron chi connectivity index (χ3n) is 3.49. The Labute approximate surface area is 112 Å². The molecule has 1 atom stereocenters. The van der Waals surface area contributed by atoms with E-state index in [2.05, 4.69) is 55.7 Å². The van der Waals surface area contributed by atoms with E-state index >= 15 is 0 Å². The molecule has 4 nitrogen and oxygen atoms in total. The average molecular weight is 264 g/mol. The van der Waals surface area contributed by atoms with Crippen molar-refractivity contribution in [2.45, 2.75) is 33.7 Å². The van der Waals surface area contributed by atoms with Crippen LogP contribution in [0.25, 0.3) is 10.2 Å². The first-order valence-electron chi connectivity index (χ1n) is 6.04. The second kappa shape index (κ2) is 4.39. The van der Waals surface area contributed by atoms with Crippen LogP contribution in [0, 0.1) is 5.41 Å².